The van der Waals surface area contributed by atoms with Gasteiger partial charge in [0, 0.05) is 43.2 Å². The SMILES string of the molecule is N#Cc1cccnc1N1CC[C@@H]2[C@@H](CCC(=O)N2CCc2cccs2)C1. The van der Waals surface area contributed by atoms with E-state index in [-0.39, 0.29) is 0 Å². The van der Waals surface area contributed by atoms with Gasteiger partial charge in [-0.05, 0) is 48.8 Å². The summed E-state index contributed by atoms with van der Waals surface area (Å²) < 4.78 is 0. The number of aromatic nitrogens is 1. The van der Waals surface area contributed by atoms with Crippen LogP contribution < -0.4 is 4.90 Å². The number of nitrogens with zero attached hydrogens (tertiary/aromatic N) is 4. The molecule has 2 saturated heterocycles. The maximum atomic E-state index is 12.5. The van der Waals surface area contributed by atoms with Crippen LogP contribution in [0, 0.1) is 17.2 Å². The minimum Gasteiger partial charge on any atom is -0.355 e. The maximum Gasteiger partial charge on any atom is 0.222 e. The summed E-state index contributed by atoms with van der Waals surface area (Å²) in [4.78, 5) is 22.6. The number of anilines is 1. The Kier molecular flexibility index (Phi) is 4.89. The quantitative estimate of drug-likeness (QED) is 0.834. The van der Waals surface area contributed by atoms with Crippen LogP contribution in [-0.4, -0.2) is 41.5 Å². The molecular formula is C20H22N4OS. The maximum absolute atomic E-state index is 12.5. The summed E-state index contributed by atoms with van der Waals surface area (Å²) in [5, 5.41) is 11.4. The highest BCUT2D eigenvalue weighted by Gasteiger charge is 2.39. The first-order valence-electron chi connectivity index (χ1n) is 9.18. The van der Waals surface area contributed by atoms with E-state index in [9.17, 15) is 10.1 Å². The predicted molar refractivity (Wildman–Crippen MR) is 102 cm³/mol. The van der Waals surface area contributed by atoms with Gasteiger partial charge in [0.1, 0.15) is 11.9 Å². The van der Waals surface area contributed by atoms with Crippen LogP contribution in [0.25, 0.3) is 0 Å². The number of hydrogen-bond acceptors (Lipinski definition) is 5. The lowest BCUT2D eigenvalue weighted by Crippen LogP contribution is -2.56. The molecule has 0 N–H and O–H groups in total. The molecule has 0 saturated carbocycles. The first-order chi connectivity index (χ1) is 12.8. The summed E-state index contributed by atoms with van der Waals surface area (Å²) in [5.74, 6) is 1.54. The largest absolute Gasteiger partial charge is 0.355 e. The van der Waals surface area contributed by atoms with Crippen molar-refractivity contribution in [3.63, 3.8) is 0 Å². The summed E-state index contributed by atoms with van der Waals surface area (Å²) in [6, 6.07) is 10.4. The minimum absolute atomic E-state index is 0.298. The summed E-state index contributed by atoms with van der Waals surface area (Å²) in [5.41, 5.74) is 0.632. The van der Waals surface area contributed by atoms with Crippen LogP contribution >= 0.6 is 11.3 Å². The first-order valence-corrected chi connectivity index (χ1v) is 10.1. The van der Waals surface area contributed by atoms with Gasteiger partial charge in [0.25, 0.3) is 0 Å². The number of nitriles is 1. The van der Waals surface area contributed by atoms with E-state index in [0.717, 1.165) is 44.7 Å². The average molecular weight is 366 g/mol. The van der Waals surface area contributed by atoms with Crippen LogP contribution in [0.4, 0.5) is 5.82 Å². The van der Waals surface area contributed by atoms with E-state index in [0.29, 0.717) is 29.9 Å². The number of piperidine rings is 2. The zero-order chi connectivity index (χ0) is 17.9. The third-order valence-electron chi connectivity index (χ3n) is 5.53. The van der Waals surface area contributed by atoms with E-state index in [4.69, 9.17) is 0 Å². The zero-order valence-electron chi connectivity index (χ0n) is 14.7. The van der Waals surface area contributed by atoms with Crippen molar-refractivity contribution in [2.75, 3.05) is 24.5 Å². The van der Waals surface area contributed by atoms with Crippen LogP contribution in [0.3, 0.4) is 0 Å². The van der Waals surface area contributed by atoms with Crippen molar-refractivity contribution in [3.8, 4) is 6.07 Å². The van der Waals surface area contributed by atoms with Crippen LogP contribution in [0.5, 0.6) is 0 Å². The van der Waals surface area contributed by atoms with E-state index in [1.54, 1.807) is 23.6 Å². The molecule has 0 aromatic carbocycles. The van der Waals surface area contributed by atoms with Gasteiger partial charge in [-0.15, -0.1) is 11.3 Å². The number of thiophene rings is 1. The normalized spacial score (nSPS) is 22.8. The Morgan fingerprint density at radius 1 is 1.31 bits per heavy atom. The molecule has 134 valence electrons. The molecule has 0 unspecified atom stereocenters. The molecule has 0 radical (unpaired) electrons. The lowest BCUT2D eigenvalue weighted by atomic mass is 9.83. The number of carbonyl (C=O) groups excluding carboxylic acids is 1. The van der Waals surface area contributed by atoms with Gasteiger partial charge in [0.15, 0.2) is 0 Å². The van der Waals surface area contributed by atoms with Crippen molar-refractivity contribution >= 4 is 23.1 Å². The van der Waals surface area contributed by atoms with Crippen molar-refractivity contribution in [1.82, 2.24) is 9.88 Å². The number of likely N-dealkylation sites (tertiary alicyclic amines) is 1. The van der Waals surface area contributed by atoms with Gasteiger partial charge < -0.3 is 9.80 Å². The Labute approximate surface area is 157 Å². The molecule has 2 atom stereocenters. The average Bonchev–Trinajstić information content (AvgIpc) is 3.20. The standard InChI is InChI=1S/C20H22N4OS/c21-13-15-3-1-9-22-20(15)23-10-8-18-16(14-23)5-6-19(25)24(18)11-7-17-4-2-12-26-17/h1-4,9,12,16,18H,5-8,10-11,14H2/t16-,18+/m0/s1. The Hall–Kier alpha value is -2.39. The number of pyridine rings is 1. The first kappa shape index (κ1) is 17.0. The molecule has 0 spiro atoms. The van der Waals surface area contributed by atoms with Crippen LogP contribution in [0.2, 0.25) is 0 Å². The highest BCUT2D eigenvalue weighted by molar-refractivity contribution is 7.09. The van der Waals surface area contributed by atoms with Gasteiger partial charge in [-0.2, -0.15) is 5.26 Å². The summed E-state index contributed by atoms with van der Waals surface area (Å²) in [6.07, 6.45) is 5.20. The molecule has 26 heavy (non-hydrogen) atoms. The van der Waals surface area contributed by atoms with Crippen LogP contribution in [0.1, 0.15) is 29.7 Å². The Morgan fingerprint density at radius 3 is 3.04 bits per heavy atom. The number of carbonyl (C=O) groups is 1. The molecule has 2 aromatic rings. The van der Waals surface area contributed by atoms with Gasteiger partial charge in [0.05, 0.1) is 5.56 Å². The minimum atomic E-state index is 0.298. The van der Waals surface area contributed by atoms with Crippen LogP contribution in [0.15, 0.2) is 35.8 Å². The fraction of sp³-hybridized carbons (Fsp3) is 0.450. The Balaban J connectivity index is 1.46. The van der Waals surface area contributed by atoms with Gasteiger partial charge in [-0.1, -0.05) is 6.07 Å². The molecule has 2 aromatic heterocycles. The third kappa shape index (κ3) is 3.32. The van der Waals surface area contributed by atoms with E-state index in [1.807, 2.05) is 6.07 Å². The molecule has 2 aliphatic heterocycles. The van der Waals surface area contributed by atoms with Crippen molar-refractivity contribution in [1.29, 1.82) is 5.26 Å². The molecule has 0 aliphatic carbocycles. The molecule has 4 rings (SSSR count). The summed E-state index contributed by atoms with van der Waals surface area (Å²) >= 11 is 1.76. The summed E-state index contributed by atoms with van der Waals surface area (Å²) in [7, 11) is 0. The van der Waals surface area contributed by atoms with Crippen LogP contribution in [-0.2, 0) is 11.2 Å². The number of amides is 1. The molecule has 0 bridgehead atoms. The number of fused-ring (bicyclic) bond motifs is 1. The highest BCUT2D eigenvalue weighted by atomic mass is 32.1. The third-order valence-corrected chi connectivity index (χ3v) is 6.47. The second kappa shape index (κ2) is 7.46. The van der Waals surface area contributed by atoms with Crippen molar-refractivity contribution in [2.24, 2.45) is 5.92 Å². The monoisotopic (exact) mass is 366 g/mol. The molecule has 2 aliphatic rings. The molecule has 1 amide bonds. The van der Waals surface area contributed by atoms with E-state index in [1.165, 1.54) is 4.88 Å². The lowest BCUT2D eigenvalue weighted by Gasteiger charge is -2.47. The Bertz CT molecular complexity index is 813. The lowest BCUT2D eigenvalue weighted by molar-refractivity contribution is -0.139. The van der Waals surface area contributed by atoms with E-state index >= 15 is 0 Å². The number of rotatable bonds is 4. The molecule has 2 fully saturated rings. The van der Waals surface area contributed by atoms with Gasteiger partial charge >= 0.3 is 0 Å². The second-order valence-electron chi connectivity index (χ2n) is 7.00. The fourth-order valence-electron chi connectivity index (χ4n) is 4.26. The highest BCUT2D eigenvalue weighted by Crippen LogP contribution is 2.33. The topological polar surface area (TPSA) is 60.2 Å². The van der Waals surface area contributed by atoms with Crippen molar-refractivity contribution in [2.45, 2.75) is 31.7 Å². The predicted octanol–water partition coefficient (Wildman–Crippen LogP) is 3.07. The van der Waals surface area contributed by atoms with E-state index < -0.39 is 0 Å². The molecule has 4 heterocycles. The van der Waals surface area contributed by atoms with Crippen molar-refractivity contribution in [3.05, 3.63) is 46.3 Å². The van der Waals surface area contributed by atoms with E-state index in [2.05, 4.69) is 38.4 Å². The number of hydrogen-bond donors (Lipinski definition) is 0. The fourth-order valence-corrected chi connectivity index (χ4v) is 4.95. The molecular weight excluding hydrogens is 344 g/mol. The molecule has 6 heteroatoms. The van der Waals surface area contributed by atoms with Gasteiger partial charge in [-0.3, -0.25) is 4.79 Å². The summed E-state index contributed by atoms with van der Waals surface area (Å²) in [6.45, 7) is 2.53. The Morgan fingerprint density at radius 2 is 2.23 bits per heavy atom. The second-order valence-corrected chi connectivity index (χ2v) is 8.04. The van der Waals surface area contributed by atoms with Crippen molar-refractivity contribution < 1.29 is 4.79 Å². The van der Waals surface area contributed by atoms with Gasteiger partial charge in [-0.25, -0.2) is 4.98 Å². The van der Waals surface area contributed by atoms with Gasteiger partial charge in [0.2, 0.25) is 5.91 Å². The molecule has 5 nitrogen and oxygen atoms in total. The zero-order valence-corrected chi connectivity index (χ0v) is 15.5. The smallest absolute Gasteiger partial charge is 0.222 e.